The fourth-order valence-corrected chi connectivity index (χ4v) is 4.05. The minimum Gasteiger partial charge on any atom is -0.507 e. The second-order valence-electron chi connectivity index (χ2n) is 8.21. The van der Waals surface area contributed by atoms with Crippen LogP contribution in [0.2, 0.25) is 0 Å². The first-order valence-corrected chi connectivity index (χ1v) is 10.4. The molecule has 4 atom stereocenters. The molecule has 0 aliphatic carbocycles. The van der Waals surface area contributed by atoms with Crippen LogP contribution in [0.1, 0.15) is 25.8 Å². The molecule has 1 aromatic rings. The van der Waals surface area contributed by atoms with Crippen LogP contribution in [0.5, 0.6) is 0 Å². The quantitative estimate of drug-likeness (QED) is 0.591. The number of rotatable bonds is 3. The van der Waals surface area contributed by atoms with E-state index in [4.69, 9.17) is 0 Å². The van der Waals surface area contributed by atoms with Gasteiger partial charge in [0, 0.05) is 42.5 Å². The third-order valence-corrected chi connectivity index (χ3v) is 6.01. The molecule has 2 bridgehead atoms. The molecular weight excluding hydrogens is 441 g/mol. The van der Waals surface area contributed by atoms with Crippen molar-refractivity contribution in [2.75, 3.05) is 6.67 Å². The van der Waals surface area contributed by atoms with Gasteiger partial charge in [0.05, 0.1) is 12.2 Å². The van der Waals surface area contributed by atoms with Crippen LogP contribution in [0.3, 0.4) is 0 Å². The van der Waals surface area contributed by atoms with E-state index in [1.807, 2.05) is 26.0 Å². The first-order chi connectivity index (χ1) is 15.6. The fourth-order valence-electron chi connectivity index (χ4n) is 4.05. The highest BCUT2D eigenvalue weighted by molar-refractivity contribution is 5.99. The molecule has 8 nitrogen and oxygen atoms in total. The Bertz CT molecular complexity index is 1080. The zero-order valence-electron chi connectivity index (χ0n) is 17.9. The molecule has 0 radical (unpaired) electrons. The first kappa shape index (κ1) is 22.9. The van der Waals surface area contributed by atoms with Crippen LogP contribution < -0.4 is 5.32 Å². The number of hydrogen-bond acceptors (Lipinski definition) is 6. The molecule has 3 N–H and O–H groups in total. The summed E-state index contributed by atoms with van der Waals surface area (Å²) in [6.45, 7) is 3.31. The number of halogens is 3. The van der Waals surface area contributed by atoms with E-state index >= 15 is 0 Å². The first-order valence-electron chi connectivity index (χ1n) is 10.4. The number of benzene rings is 1. The van der Waals surface area contributed by atoms with E-state index in [9.17, 15) is 33.0 Å². The van der Waals surface area contributed by atoms with Crippen molar-refractivity contribution >= 4 is 11.8 Å². The predicted molar refractivity (Wildman–Crippen MR) is 110 cm³/mol. The highest BCUT2D eigenvalue weighted by atomic mass is 19.1. The maximum absolute atomic E-state index is 13.9. The molecule has 0 saturated carbocycles. The number of fused-ring (bicyclic) bond motifs is 4. The number of hydrogen-bond donors (Lipinski definition) is 3. The Hall–Kier alpha value is -3.31. The van der Waals surface area contributed by atoms with Crippen LogP contribution >= 0.6 is 0 Å². The van der Waals surface area contributed by atoms with Crippen molar-refractivity contribution in [1.29, 1.82) is 0 Å². The smallest absolute Gasteiger partial charge is 0.277 e. The van der Waals surface area contributed by atoms with E-state index in [-0.39, 0.29) is 30.0 Å². The van der Waals surface area contributed by atoms with Gasteiger partial charge in [-0.3, -0.25) is 14.6 Å². The second-order valence-corrected chi connectivity index (χ2v) is 8.21. The number of aliphatic hydroxyl groups excluding tert-OH is 2. The lowest BCUT2D eigenvalue weighted by atomic mass is 10.0. The zero-order valence-corrected chi connectivity index (χ0v) is 17.9. The lowest BCUT2D eigenvalue weighted by Crippen LogP contribution is -2.62. The number of nitrogens with one attached hydrogen (secondary N) is 1. The van der Waals surface area contributed by atoms with E-state index in [0.717, 1.165) is 0 Å². The molecule has 3 aliphatic rings. The molecule has 1 saturated heterocycles. The summed E-state index contributed by atoms with van der Waals surface area (Å²) >= 11 is 0. The van der Waals surface area contributed by atoms with Gasteiger partial charge in [0.15, 0.2) is 11.5 Å². The molecular formula is C22H23F3N4O4. The Balaban J connectivity index is 1.63. The molecule has 3 aliphatic heterocycles. The zero-order chi connectivity index (χ0) is 24.0. The highest BCUT2D eigenvalue weighted by Crippen LogP contribution is 2.34. The van der Waals surface area contributed by atoms with Crippen LogP contribution in [0, 0.1) is 17.5 Å². The van der Waals surface area contributed by atoms with Gasteiger partial charge in [-0.05, 0) is 20.3 Å². The third-order valence-electron chi connectivity index (χ3n) is 6.01. The molecule has 33 heavy (non-hydrogen) atoms. The fraction of sp³-hybridized carbons (Fsp3) is 0.364. The van der Waals surface area contributed by atoms with Crippen LogP contribution in [0.15, 0.2) is 47.5 Å². The van der Waals surface area contributed by atoms with Crippen molar-refractivity contribution in [3.8, 4) is 0 Å². The number of hydrazine groups is 1. The molecule has 3 heterocycles. The van der Waals surface area contributed by atoms with Crippen molar-refractivity contribution < 1.29 is 33.0 Å². The largest absolute Gasteiger partial charge is 0.507 e. The van der Waals surface area contributed by atoms with Gasteiger partial charge in [-0.2, -0.15) is 5.01 Å². The summed E-state index contributed by atoms with van der Waals surface area (Å²) in [5, 5.41) is 26.6. The SMILES string of the molecule is C[C@H]1/C=C\C[C@H](C)N2CN1C(=O)C1=C(O)C(O)C(C(=O)NCc3c(F)cc(F)cc3F)=CN12. The Morgan fingerprint density at radius 3 is 2.55 bits per heavy atom. The Labute approximate surface area is 187 Å². The molecule has 11 heteroatoms. The van der Waals surface area contributed by atoms with Crippen molar-refractivity contribution in [2.45, 2.75) is 45.0 Å². The Kier molecular flexibility index (Phi) is 5.93. The summed E-state index contributed by atoms with van der Waals surface area (Å²) < 4.78 is 40.9. The van der Waals surface area contributed by atoms with E-state index < -0.39 is 53.2 Å². The number of amides is 2. The van der Waals surface area contributed by atoms with E-state index in [2.05, 4.69) is 5.32 Å². The van der Waals surface area contributed by atoms with Crippen molar-refractivity contribution in [3.63, 3.8) is 0 Å². The predicted octanol–water partition coefficient (Wildman–Crippen LogP) is 1.80. The van der Waals surface area contributed by atoms with Gasteiger partial charge < -0.3 is 20.4 Å². The third kappa shape index (κ3) is 3.98. The van der Waals surface area contributed by atoms with Gasteiger partial charge in [0.25, 0.3) is 11.8 Å². The van der Waals surface area contributed by atoms with Gasteiger partial charge in [0.2, 0.25) is 0 Å². The van der Waals surface area contributed by atoms with Crippen LogP contribution in [0.25, 0.3) is 0 Å². The average molecular weight is 464 g/mol. The minimum absolute atomic E-state index is 0.120. The Morgan fingerprint density at radius 2 is 1.88 bits per heavy atom. The lowest BCUT2D eigenvalue weighted by molar-refractivity contribution is -0.153. The van der Waals surface area contributed by atoms with Crippen LogP contribution in [-0.4, -0.2) is 61.8 Å². The molecule has 2 unspecified atom stereocenters. The summed E-state index contributed by atoms with van der Waals surface area (Å²) in [5.41, 5.74) is -1.05. The van der Waals surface area contributed by atoms with Crippen molar-refractivity contribution in [2.24, 2.45) is 0 Å². The molecule has 0 aromatic heterocycles. The standard InChI is InChI=1S/C22H23F3N4O4/c1-11-4-3-5-12(2)29-10-27(11)22(33)18-20(31)19(30)15(9-28(18)29)21(32)26-8-14-16(24)6-13(23)7-17(14)25/h3-4,6-7,9,11-12,19,30-31H,5,8,10H2,1-2H3,(H,26,32)/b4-3-/t11-,12-,19?/m0/s1. The maximum Gasteiger partial charge on any atom is 0.277 e. The molecule has 1 aromatic carbocycles. The minimum atomic E-state index is -1.82. The molecule has 4 rings (SSSR count). The molecule has 1 fully saturated rings. The van der Waals surface area contributed by atoms with Crippen LogP contribution in [-0.2, 0) is 16.1 Å². The second kappa shape index (κ2) is 8.56. The Morgan fingerprint density at radius 1 is 1.21 bits per heavy atom. The van der Waals surface area contributed by atoms with Crippen molar-refractivity contribution in [3.05, 3.63) is 70.5 Å². The summed E-state index contributed by atoms with van der Waals surface area (Å²) in [7, 11) is 0. The van der Waals surface area contributed by atoms with Gasteiger partial charge in [-0.15, -0.1) is 0 Å². The number of nitrogens with zero attached hydrogens (tertiary/aromatic N) is 3. The van der Waals surface area contributed by atoms with Crippen molar-refractivity contribution in [1.82, 2.24) is 20.2 Å². The number of carbonyl (C=O) groups is 2. The normalized spacial score (nSPS) is 28.1. The summed E-state index contributed by atoms with van der Waals surface area (Å²) in [5.74, 6) is -5.57. The van der Waals surface area contributed by atoms with Gasteiger partial charge in [-0.25, -0.2) is 13.2 Å². The van der Waals surface area contributed by atoms with Gasteiger partial charge >= 0.3 is 0 Å². The molecule has 176 valence electrons. The van der Waals surface area contributed by atoms with Gasteiger partial charge in [-0.1, -0.05) is 12.2 Å². The molecule has 2 amide bonds. The van der Waals surface area contributed by atoms with E-state index in [1.165, 1.54) is 16.1 Å². The highest BCUT2D eigenvalue weighted by Gasteiger charge is 2.45. The monoisotopic (exact) mass is 464 g/mol. The number of aliphatic hydroxyl groups is 2. The summed E-state index contributed by atoms with van der Waals surface area (Å²) in [6.07, 6.45) is 3.87. The van der Waals surface area contributed by atoms with Crippen LogP contribution in [0.4, 0.5) is 13.2 Å². The van der Waals surface area contributed by atoms with E-state index in [1.54, 1.807) is 5.01 Å². The van der Waals surface area contributed by atoms with E-state index in [0.29, 0.717) is 18.6 Å². The van der Waals surface area contributed by atoms with Gasteiger partial charge in [0.1, 0.15) is 23.6 Å². The lowest BCUT2D eigenvalue weighted by Gasteiger charge is -2.50. The summed E-state index contributed by atoms with van der Waals surface area (Å²) in [4.78, 5) is 27.3. The number of carbonyl (C=O) groups excluding carboxylic acids is 2. The molecule has 0 spiro atoms. The summed E-state index contributed by atoms with van der Waals surface area (Å²) in [6, 6.07) is 0.611. The average Bonchev–Trinajstić information content (AvgIpc) is 2.74. The topological polar surface area (TPSA) is 96.4 Å². The maximum atomic E-state index is 13.9.